The van der Waals surface area contributed by atoms with E-state index in [-0.39, 0.29) is 12.0 Å². The number of aliphatic hydroxyl groups excluding tert-OH is 1. The standard InChI is InChI=1S/C12H21NO2/c1-4-12(2,10-14)9-13(3)8-11-6-5-7-15-11/h5-7,14H,4,8-10H2,1-3H3. The van der Waals surface area contributed by atoms with Crippen LogP contribution in [-0.2, 0) is 6.54 Å². The summed E-state index contributed by atoms with van der Waals surface area (Å²) in [7, 11) is 2.05. The van der Waals surface area contributed by atoms with E-state index in [4.69, 9.17) is 4.42 Å². The fourth-order valence-corrected chi connectivity index (χ4v) is 1.65. The highest BCUT2D eigenvalue weighted by Crippen LogP contribution is 2.21. The summed E-state index contributed by atoms with van der Waals surface area (Å²) in [5.74, 6) is 0.967. The Bertz CT molecular complexity index is 265. The van der Waals surface area contributed by atoms with Gasteiger partial charge < -0.3 is 9.52 Å². The van der Waals surface area contributed by atoms with Gasteiger partial charge in [0.1, 0.15) is 5.76 Å². The summed E-state index contributed by atoms with van der Waals surface area (Å²) in [4.78, 5) is 2.18. The molecule has 3 nitrogen and oxygen atoms in total. The molecule has 0 amide bonds. The van der Waals surface area contributed by atoms with Crippen LogP contribution >= 0.6 is 0 Å². The molecule has 0 saturated heterocycles. The summed E-state index contributed by atoms with van der Waals surface area (Å²) in [6, 6.07) is 3.87. The Balaban J connectivity index is 2.44. The van der Waals surface area contributed by atoms with Crippen molar-refractivity contribution in [2.45, 2.75) is 26.8 Å². The molecule has 0 aliphatic carbocycles. The average Bonchev–Trinajstić information content (AvgIpc) is 2.70. The minimum atomic E-state index is -0.0126. The summed E-state index contributed by atoms with van der Waals surface area (Å²) in [6.45, 7) is 6.11. The fourth-order valence-electron chi connectivity index (χ4n) is 1.65. The van der Waals surface area contributed by atoms with Crippen LogP contribution in [0.3, 0.4) is 0 Å². The molecule has 0 aliphatic heterocycles. The lowest BCUT2D eigenvalue weighted by Crippen LogP contribution is -2.35. The van der Waals surface area contributed by atoms with E-state index in [0.717, 1.165) is 25.3 Å². The van der Waals surface area contributed by atoms with Crippen LogP contribution in [-0.4, -0.2) is 30.2 Å². The molecule has 0 aromatic carbocycles. The first-order chi connectivity index (χ1) is 7.09. The van der Waals surface area contributed by atoms with Crippen molar-refractivity contribution >= 4 is 0 Å². The molecule has 0 spiro atoms. The summed E-state index contributed by atoms with van der Waals surface area (Å²) < 4.78 is 5.28. The molecule has 0 saturated carbocycles. The van der Waals surface area contributed by atoms with Crippen molar-refractivity contribution in [2.75, 3.05) is 20.2 Å². The summed E-state index contributed by atoms with van der Waals surface area (Å²) in [5, 5.41) is 9.31. The van der Waals surface area contributed by atoms with E-state index < -0.39 is 0 Å². The Kier molecular flexibility index (Phi) is 4.36. The quantitative estimate of drug-likeness (QED) is 0.783. The summed E-state index contributed by atoms with van der Waals surface area (Å²) >= 11 is 0. The maximum absolute atomic E-state index is 9.31. The van der Waals surface area contributed by atoms with Crippen molar-refractivity contribution in [1.29, 1.82) is 0 Å². The largest absolute Gasteiger partial charge is 0.468 e. The van der Waals surface area contributed by atoms with Crippen molar-refractivity contribution in [3.05, 3.63) is 24.2 Å². The highest BCUT2D eigenvalue weighted by atomic mass is 16.3. The molecule has 1 unspecified atom stereocenters. The number of furan rings is 1. The van der Waals surface area contributed by atoms with E-state index in [1.54, 1.807) is 6.26 Å². The van der Waals surface area contributed by atoms with Gasteiger partial charge in [0.05, 0.1) is 12.8 Å². The monoisotopic (exact) mass is 211 g/mol. The van der Waals surface area contributed by atoms with E-state index in [0.29, 0.717) is 0 Å². The molecule has 0 radical (unpaired) electrons. The molecular formula is C12H21NO2. The molecule has 0 aliphatic rings. The number of hydrogen-bond acceptors (Lipinski definition) is 3. The predicted molar refractivity (Wildman–Crippen MR) is 60.5 cm³/mol. The van der Waals surface area contributed by atoms with Gasteiger partial charge in [0.2, 0.25) is 0 Å². The predicted octanol–water partition coefficient (Wildman–Crippen LogP) is 2.12. The van der Waals surface area contributed by atoms with Crippen LogP contribution < -0.4 is 0 Å². The zero-order chi connectivity index (χ0) is 11.3. The molecular weight excluding hydrogens is 190 g/mol. The van der Waals surface area contributed by atoms with E-state index in [2.05, 4.69) is 18.7 Å². The fraction of sp³-hybridized carbons (Fsp3) is 0.667. The van der Waals surface area contributed by atoms with Gasteiger partial charge in [-0.2, -0.15) is 0 Å². The SMILES string of the molecule is CCC(C)(CO)CN(C)Cc1ccco1. The van der Waals surface area contributed by atoms with E-state index in [1.807, 2.05) is 19.2 Å². The number of nitrogens with zero attached hydrogens (tertiary/aromatic N) is 1. The van der Waals surface area contributed by atoms with Gasteiger partial charge in [0, 0.05) is 18.6 Å². The Morgan fingerprint density at radius 3 is 2.73 bits per heavy atom. The van der Waals surface area contributed by atoms with Crippen molar-refractivity contribution < 1.29 is 9.52 Å². The van der Waals surface area contributed by atoms with Gasteiger partial charge in [0.15, 0.2) is 0 Å². The Morgan fingerprint density at radius 2 is 2.27 bits per heavy atom. The number of aliphatic hydroxyl groups is 1. The third kappa shape index (κ3) is 3.68. The molecule has 1 rings (SSSR count). The van der Waals surface area contributed by atoms with Crippen LogP contribution in [0.1, 0.15) is 26.0 Å². The van der Waals surface area contributed by atoms with Crippen molar-refractivity contribution in [3.8, 4) is 0 Å². The van der Waals surface area contributed by atoms with Gasteiger partial charge in [0.25, 0.3) is 0 Å². The second-order valence-electron chi connectivity index (χ2n) is 4.57. The Hall–Kier alpha value is -0.800. The Morgan fingerprint density at radius 1 is 1.53 bits per heavy atom. The molecule has 1 aromatic heterocycles. The number of rotatable bonds is 6. The van der Waals surface area contributed by atoms with Crippen LogP contribution in [0.5, 0.6) is 0 Å². The van der Waals surface area contributed by atoms with Crippen LogP contribution in [0.25, 0.3) is 0 Å². The second kappa shape index (κ2) is 5.33. The Labute approximate surface area is 91.7 Å². The first-order valence-corrected chi connectivity index (χ1v) is 5.41. The maximum atomic E-state index is 9.31. The van der Waals surface area contributed by atoms with Gasteiger partial charge >= 0.3 is 0 Å². The first-order valence-electron chi connectivity index (χ1n) is 5.41. The van der Waals surface area contributed by atoms with Crippen molar-refractivity contribution in [1.82, 2.24) is 4.90 Å². The zero-order valence-corrected chi connectivity index (χ0v) is 9.86. The third-order valence-electron chi connectivity index (χ3n) is 2.89. The average molecular weight is 211 g/mol. The minimum Gasteiger partial charge on any atom is -0.468 e. The third-order valence-corrected chi connectivity index (χ3v) is 2.89. The van der Waals surface area contributed by atoms with Gasteiger partial charge in [-0.25, -0.2) is 0 Å². The molecule has 1 N–H and O–H groups in total. The normalized spacial score (nSPS) is 15.5. The van der Waals surface area contributed by atoms with Crippen LogP contribution in [0.15, 0.2) is 22.8 Å². The lowest BCUT2D eigenvalue weighted by atomic mass is 9.88. The maximum Gasteiger partial charge on any atom is 0.117 e. The van der Waals surface area contributed by atoms with Gasteiger partial charge in [-0.3, -0.25) is 4.90 Å². The van der Waals surface area contributed by atoms with Crippen LogP contribution in [0, 0.1) is 5.41 Å². The molecule has 15 heavy (non-hydrogen) atoms. The van der Waals surface area contributed by atoms with E-state index >= 15 is 0 Å². The van der Waals surface area contributed by atoms with Gasteiger partial charge in [-0.1, -0.05) is 13.8 Å². The molecule has 1 aromatic rings. The molecule has 3 heteroatoms. The summed E-state index contributed by atoms with van der Waals surface area (Å²) in [5.41, 5.74) is -0.0126. The zero-order valence-electron chi connectivity index (χ0n) is 9.86. The first kappa shape index (κ1) is 12.3. The lowest BCUT2D eigenvalue weighted by molar-refractivity contribution is 0.0903. The molecule has 1 atom stereocenters. The lowest BCUT2D eigenvalue weighted by Gasteiger charge is -2.30. The van der Waals surface area contributed by atoms with E-state index in [9.17, 15) is 5.11 Å². The van der Waals surface area contributed by atoms with E-state index in [1.165, 1.54) is 0 Å². The smallest absolute Gasteiger partial charge is 0.117 e. The van der Waals surface area contributed by atoms with Crippen LogP contribution in [0.4, 0.5) is 0 Å². The highest BCUT2D eigenvalue weighted by Gasteiger charge is 2.23. The van der Waals surface area contributed by atoms with Crippen molar-refractivity contribution in [3.63, 3.8) is 0 Å². The molecule has 86 valence electrons. The second-order valence-corrected chi connectivity index (χ2v) is 4.57. The van der Waals surface area contributed by atoms with Gasteiger partial charge in [-0.15, -0.1) is 0 Å². The highest BCUT2D eigenvalue weighted by molar-refractivity contribution is 4.97. The van der Waals surface area contributed by atoms with Crippen molar-refractivity contribution in [2.24, 2.45) is 5.41 Å². The van der Waals surface area contributed by atoms with Crippen LogP contribution in [0.2, 0.25) is 0 Å². The molecule has 0 fully saturated rings. The van der Waals surface area contributed by atoms with Gasteiger partial charge in [-0.05, 0) is 25.6 Å². The molecule has 0 bridgehead atoms. The molecule has 1 heterocycles. The number of hydrogen-bond donors (Lipinski definition) is 1. The topological polar surface area (TPSA) is 36.6 Å². The minimum absolute atomic E-state index is 0.0126. The summed E-state index contributed by atoms with van der Waals surface area (Å²) in [6.07, 6.45) is 2.67.